The highest BCUT2D eigenvalue weighted by molar-refractivity contribution is 7.19. The molecule has 0 aliphatic heterocycles. The lowest BCUT2D eigenvalue weighted by Gasteiger charge is -2.00. The average molecular weight is 369 g/mol. The zero-order chi connectivity index (χ0) is 17.4. The van der Waals surface area contributed by atoms with Crippen molar-refractivity contribution in [3.05, 3.63) is 47.1 Å². The van der Waals surface area contributed by atoms with Crippen LogP contribution in [0.2, 0.25) is 0 Å². The number of para-hydroxylation sites is 1. The van der Waals surface area contributed by atoms with Gasteiger partial charge in [-0.2, -0.15) is 0 Å². The number of anilines is 2. The molecule has 4 N–H and O–H groups in total. The lowest BCUT2D eigenvalue weighted by atomic mass is 10.1. The standard InChI is InChI=1S/C17H15N5OS2/c1-9-15(13-8-24-16(18)21-13)25-17(20-9)22-14(23)6-10-7-19-12-5-3-2-4-11(10)12/h2-5,7-8,19H,6H2,1H3,(H2,18,21)(H,20,22,23). The van der Waals surface area contributed by atoms with Gasteiger partial charge in [-0.25, -0.2) is 9.97 Å². The highest BCUT2D eigenvalue weighted by Crippen LogP contribution is 2.33. The van der Waals surface area contributed by atoms with Crippen LogP contribution in [0.4, 0.5) is 10.3 Å². The van der Waals surface area contributed by atoms with Crippen molar-refractivity contribution >= 4 is 49.7 Å². The molecule has 1 aromatic carbocycles. The highest BCUT2D eigenvalue weighted by Gasteiger charge is 2.15. The van der Waals surface area contributed by atoms with E-state index in [1.54, 1.807) is 0 Å². The van der Waals surface area contributed by atoms with Gasteiger partial charge < -0.3 is 16.0 Å². The predicted octanol–water partition coefficient (Wildman–Crippen LogP) is 3.82. The number of aryl methyl sites for hydroxylation is 1. The van der Waals surface area contributed by atoms with Crippen LogP contribution in [-0.2, 0) is 11.2 Å². The Balaban J connectivity index is 1.51. The fraction of sp³-hybridized carbons (Fsp3) is 0.118. The normalized spacial score (nSPS) is 11.1. The summed E-state index contributed by atoms with van der Waals surface area (Å²) in [4.78, 5) is 25.2. The number of aromatic amines is 1. The lowest BCUT2D eigenvalue weighted by Crippen LogP contribution is -2.13. The van der Waals surface area contributed by atoms with Crippen LogP contribution in [0, 0.1) is 6.92 Å². The molecular weight excluding hydrogens is 354 g/mol. The second-order valence-corrected chi connectivity index (χ2v) is 7.48. The van der Waals surface area contributed by atoms with Gasteiger partial charge >= 0.3 is 0 Å². The molecule has 4 rings (SSSR count). The number of hydrogen-bond acceptors (Lipinski definition) is 6. The summed E-state index contributed by atoms with van der Waals surface area (Å²) >= 11 is 2.80. The Hall–Kier alpha value is -2.71. The molecular formula is C17H15N5OS2. The van der Waals surface area contributed by atoms with E-state index >= 15 is 0 Å². The van der Waals surface area contributed by atoms with Gasteiger partial charge in [-0.15, -0.1) is 11.3 Å². The highest BCUT2D eigenvalue weighted by atomic mass is 32.1. The molecule has 0 aliphatic carbocycles. The van der Waals surface area contributed by atoms with Crippen molar-refractivity contribution in [1.82, 2.24) is 15.0 Å². The maximum atomic E-state index is 12.4. The van der Waals surface area contributed by atoms with Crippen molar-refractivity contribution in [2.75, 3.05) is 11.1 Å². The van der Waals surface area contributed by atoms with E-state index in [1.165, 1.54) is 22.7 Å². The summed E-state index contributed by atoms with van der Waals surface area (Å²) in [6.45, 7) is 1.90. The molecule has 0 bridgehead atoms. The maximum absolute atomic E-state index is 12.4. The number of benzene rings is 1. The Kier molecular flexibility index (Phi) is 3.98. The third-order valence-electron chi connectivity index (χ3n) is 3.82. The van der Waals surface area contributed by atoms with Crippen molar-refractivity contribution < 1.29 is 4.79 Å². The van der Waals surface area contributed by atoms with E-state index in [0.717, 1.165) is 32.7 Å². The fourth-order valence-electron chi connectivity index (χ4n) is 2.69. The molecule has 0 unspecified atom stereocenters. The van der Waals surface area contributed by atoms with E-state index in [2.05, 4.69) is 20.3 Å². The second kappa shape index (κ2) is 6.30. The quantitative estimate of drug-likeness (QED) is 0.509. The summed E-state index contributed by atoms with van der Waals surface area (Å²) in [5.74, 6) is -0.0946. The third kappa shape index (κ3) is 3.13. The van der Waals surface area contributed by atoms with Crippen molar-refractivity contribution in [2.45, 2.75) is 13.3 Å². The van der Waals surface area contributed by atoms with E-state index in [9.17, 15) is 4.79 Å². The number of rotatable bonds is 4. The molecule has 0 fully saturated rings. The van der Waals surface area contributed by atoms with Crippen molar-refractivity contribution in [1.29, 1.82) is 0 Å². The molecule has 0 aliphatic rings. The lowest BCUT2D eigenvalue weighted by molar-refractivity contribution is -0.115. The minimum Gasteiger partial charge on any atom is -0.375 e. The molecule has 4 aromatic rings. The minimum absolute atomic E-state index is 0.0946. The first-order valence-electron chi connectivity index (χ1n) is 7.64. The van der Waals surface area contributed by atoms with Crippen molar-refractivity contribution in [3.63, 3.8) is 0 Å². The molecule has 0 radical (unpaired) electrons. The number of nitrogens with zero attached hydrogens (tertiary/aromatic N) is 2. The van der Waals surface area contributed by atoms with Gasteiger partial charge in [-0.3, -0.25) is 4.79 Å². The van der Waals surface area contributed by atoms with Gasteiger partial charge in [0.05, 0.1) is 22.7 Å². The van der Waals surface area contributed by atoms with Gasteiger partial charge in [-0.1, -0.05) is 29.5 Å². The summed E-state index contributed by atoms with van der Waals surface area (Å²) in [5.41, 5.74) is 9.32. The van der Waals surface area contributed by atoms with Crippen LogP contribution in [0.15, 0.2) is 35.8 Å². The van der Waals surface area contributed by atoms with Gasteiger partial charge in [0.25, 0.3) is 0 Å². The molecule has 126 valence electrons. The largest absolute Gasteiger partial charge is 0.375 e. The number of amides is 1. The molecule has 25 heavy (non-hydrogen) atoms. The Labute approximate surface area is 151 Å². The van der Waals surface area contributed by atoms with Crippen LogP contribution in [0.5, 0.6) is 0 Å². The minimum atomic E-state index is -0.0946. The van der Waals surface area contributed by atoms with Gasteiger partial charge in [-0.05, 0) is 18.6 Å². The Morgan fingerprint density at radius 2 is 2.16 bits per heavy atom. The molecule has 0 spiro atoms. The molecule has 8 heteroatoms. The summed E-state index contributed by atoms with van der Waals surface area (Å²) in [7, 11) is 0. The van der Waals surface area contributed by atoms with E-state index in [0.29, 0.717) is 16.7 Å². The smallest absolute Gasteiger partial charge is 0.230 e. The molecule has 0 atom stereocenters. The van der Waals surface area contributed by atoms with Crippen LogP contribution in [0.3, 0.4) is 0 Å². The third-order valence-corrected chi connectivity index (χ3v) is 5.59. The molecule has 6 nitrogen and oxygen atoms in total. The van der Waals surface area contributed by atoms with E-state index < -0.39 is 0 Å². The molecule has 0 saturated heterocycles. The Bertz CT molecular complexity index is 1060. The summed E-state index contributed by atoms with van der Waals surface area (Å²) in [6, 6.07) is 7.93. The van der Waals surface area contributed by atoms with Crippen LogP contribution in [0.1, 0.15) is 11.3 Å². The monoisotopic (exact) mass is 369 g/mol. The first kappa shape index (κ1) is 15.8. The Morgan fingerprint density at radius 3 is 2.96 bits per heavy atom. The average Bonchev–Trinajstić information content (AvgIpc) is 3.27. The number of carbonyl (C=O) groups is 1. The number of H-pyrrole nitrogens is 1. The van der Waals surface area contributed by atoms with Crippen LogP contribution in [-0.4, -0.2) is 20.9 Å². The van der Waals surface area contributed by atoms with Gasteiger partial charge in [0.15, 0.2) is 10.3 Å². The van der Waals surface area contributed by atoms with Crippen LogP contribution >= 0.6 is 22.7 Å². The zero-order valence-corrected chi connectivity index (χ0v) is 15.0. The number of aromatic nitrogens is 3. The van der Waals surface area contributed by atoms with Crippen LogP contribution in [0.25, 0.3) is 21.5 Å². The van der Waals surface area contributed by atoms with E-state index in [4.69, 9.17) is 5.73 Å². The van der Waals surface area contributed by atoms with Crippen molar-refractivity contribution in [2.24, 2.45) is 0 Å². The SMILES string of the molecule is Cc1nc(NC(=O)Cc2c[nH]c3ccccc23)sc1-c1csc(N)n1. The number of nitrogens with one attached hydrogen (secondary N) is 2. The number of nitrogen functional groups attached to an aromatic ring is 1. The number of nitrogens with two attached hydrogens (primary N) is 1. The number of fused-ring (bicyclic) bond motifs is 1. The first-order valence-corrected chi connectivity index (χ1v) is 9.33. The van der Waals surface area contributed by atoms with Gasteiger partial charge in [0, 0.05) is 22.5 Å². The first-order chi connectivity index (χ1) is 12.1. The summed E-state index contributed by atoms with van der Waals surface area (Å²) < 4.78 is 0. The summed E-state index contributed by atoms with van der Waals surface area (Å²) in [6.07, 6.45) is 2.17. The maximum Gasteiger partial charge on any atom is 0.230 e. The predicted molar refractivity (Wildman–Crippen MR) is 103 cm³/mol. The van der Waals surface area contributed by atoms with Crippen LogP contribution < -0.4 is 11.1 Å². The van der Waals surface area contributed by atoms with Gasteiger partial charge in [0.1, 0.15) is 0 Å². The molecule has 3 aromatic heterocycles. The number of carbonyl (C=O) groups excluding carboxylic acids is 1. The molecule has 3 heterocycles. The fourth-order valence-corrected chi connectivity index (χ4v) is 4.27. The number of thiazole rings is 2. The van der Waals surface area contributed by atoms with E-state index in [-0.39, 0.29) is 5.91 Å². The van der Waals surface area contributed by atoms with Crippen molar-refractivity contribution in [3.8, 4) is 10.6 Å². The zero-order valence-electron chi connectivity index (χ0n) is 13.4. The van der Waals surface area contributed by atoms with E-state index in [1.807, 2.05) is 42.8 Å². The second-order valence-electron chi connectivity index (χ2n) is 5.59. The van der Waals surface area contributed by atoms with Gasteiger partial charge in [0.2, 0.25) is 5.91 Å². The summed E-state index contributed by atoms with van der Waals surface area (Å²) in [5, 5.41) is 6.93. The molecule has 0 saturated carbocycles. The number of hydrogen-bond donors (Lipinski definition) is 3. The molecule has 1 amide bonds. The Morgan fingerprint density at radius 1 is 1.32 bits per heavy atom. The topological polar surface area (TPSA) is 96.7 Å².